The Balaban J connectivity index is 1.45. The zero-order chi connectivity index (χ0) is 16.9. The summed E-state index contributed by atoms with van der Waals surface area (Å²) in [6.45, 7) is 8.13. The van der Waals surface area contributed by atoms with Crippen LogP contribution in [0.1, 0.15) is 16.1 Å². The summed E-state index contributed by atoms with van der Waals surface area (Å²) in [5.74, 6) is 0.806. The fourth-order valence-electron chi connectivity index (χ4n) is 2.86. The maximum atomic E-state index is 12.3. The number of hydrogen-bond donors (Lipinski definition) is 0. The van der Waals surface area contributed by atoms with Crippen LogP contribution in [0.4, 0.5) is 0 Å². The van der Waals surface area contributed by atoms with Gasteiger partial charge in [0.1, 0.15) is 16.3 Å². The fourth-order valence-corrected chi connectivity index (χ4v) is 3.43. The highest BCUT2D eigenvalue weighted by atomic mass is 32.1. The average Bonchev–Trinajstić information content (AvgIpc) is 3.05. The van der Waals surface area contributed by atoms with Gasteiger partial charge in [-0.3, -0.25) is 9.69 Å². The third-order valence-electron chi connectivity index (χ3n) is 4.05. The molecule has 0 spiro atoms. The van der Waals surface area contributed by atoms with Gasteiger partial charge in [-0.05, 0) is 37.1 Å². The van der Waals surface area contributed by atoms with E-state index in [1.165, 1.54) is 0 Å². The molecule has 7 heteroatoms. The van der Waals surface area contributed by atoms with Crippen LogP contribution >= 0.6 is 11.3 Å². The topological polar surface area (TPSA) is 58.6 Å². The lowest BCUT2D eigenvalue weighted by molar-refractivity contribution is -0.135. The summed E-state index contributed by atoms with van der Waals surface area (Å²) in [7, 11) is 0. The molecular weight excluding hydrogens is 324 g/mol. The number of amides is 1. The van der Waals surface area contributed by atoms with Gasteiger partial charge in [0.25, 0.3) is 5.91 Å². The molecule has 1 fully saturated rings. The molecule has 0 bridgehead atoms. The lowest BCUT2D eigenvalue weighted by Crippen LogP contribution is -2.49. The molecule has 0 radical (unpaired) electrons. The maximum absolute atomic E-state index is 12.3. The van der Waals surface area contributed by atoms with Crippen molar-refractivity contribution in [1.29, 1.82) is 0 Å². The second-order valence-corrected chi connectivity index (χ2v) is 7.02. The van der Waals surface area contributed by atoms with Crippen molar-refractivity contribution in [2.45, 2.75) is 20.4 Å². The summed E-state index contributed by atoms with van der Waals surface area (Å²) in [5, 5.41) is 8.95. The van der Waals surface area contributed by atoms with Crippen molar-refractivity contribution in [3.05, 3.63) is 39.8 Å². The number of ether oxygens (including phenoxy) is 1. The zero-order valence-corrected chi connectivity index (χ0v) is 14.9. The van der Waals surface area contributed by atoms with E-state index in [0.29, 0.717) is 0 Å². The predicted molar refractivity (Wildman–Crippen MR) is 93.2 cm³/mol. The molecule has 0 atom stereocenters. The van der Waals surface area contributed by atoms with E-state index < -0.39 is 0 Å². The van der Waals surface area contributed by atoms with Crippen molar-refractivity contribution in [2.75, 3.05) is 32.8 Å². The van der Waals surface area contributed by atoms with Gasteiger partial charge in [-0.2, -0.15) is 0 Å². The van der Waals surface area contributed by atoms with Crippen molar-refractivity contribution >= 4 is 17.2 Å². The molecule has 0 saturated carbocycles. The van der Waals surface area contributed by atoms with Gasteiger partial charge in [-0.15, -0.1) is 21.5 Å². The number of nitrogens with zero attached hydrogens (tertiary/aromatic N) is 4. The summed E-state index contributed by atoms with van der Waals surface area (Å²) in [6.07, 6.45) is 0. The summed E-state index contributed by atoms with van der Waals surface area (Å²) in [5.41, 5.74) is 4.03. The molecule has 3 rings (SSSR count). The first-order chi connectivity index (χ1) is 11.6. The fraction of sp³-hybridized carbons (Fsp3) is 0.471. The minimum atomic E-state index is 0.0460. The molecule has 1 amide bonds. The number of rotatable bonds is 5. The minimum absolute atomic E-state index is 0.0460. The van der Waals surface area contributed by atoms with Crippen LogP contribution in [0.2, 0.25) is 0 Å². The summed E-state index contributed by atoms with van der Waals surface area (Å²) in [4.78, 5) is 16.5. The van der Waals surface area contributed by atoms with Crippen LogP contribution < -0.4 is 4.74 Å². The summed E-state index contributed by atoms with van der Waals surface area (Å²) in [6, 6.07) is 6.01. The van der Waals surface area contributed by atoms with Gasteiger partial charge >= 0.3 is 0 Å². The Labute approximate surface area is 146 Å². The molecule has 24 heavy (non-hydrogen) atoms. The molecule has 0 N–H and O–H groups in total. The smallest absolute Gasteiger partial charge is 0.260 e. The van der Waals surface area contributed by atoms with Gasteiger partial charge in [-0.1, -0.05) is 6.07 Å². The Bertz CT molecular complexity index is 662. The van der Waals surface area contributed by atoms with E-state index in [-0.39, 0.29) is 12.5 Å². The van der Waals surface area contributed by atoms with Gasteiger partial charge in [0.15, 0.2) is 6.61 Å². The first-order valence-electron chi connectivity index (χ1n) is 8.06. The van der Waals surface area contributed by atoms with Gasteiger partial charge in [-0.25, -0.2) is 0 Å². The Hall–Kier alpha value is -1.99. The maximum Gasteiger partial charge on any atom is 0.260 e. The van der Waals surface area contributed by atoms with Crippen LogP contribution in [-0.2, 0) is 11.3 Å². The first-order valence-corrected chi connectivity index (χ1v) is 8.94. The quantitative estimate of drug-likeness (QED) is 0.827. The van der Waals surface area contributed by atoms with Crippen molar-refractivity contribution in [2.24, 2.45) is 0 Å². The van der Waals surface area contributed by atoms with E-state index in [1.807, 2.05) is 30.9 Å². The van der Waals surface area contributed by atoms with Crippen molar-refractivity contribution in [3.8, 4) is 5.75 Å². The van der Waals surface area contributed by atoms with Gasteiger partial charge in [0.05, 0.1) is 6.54 Å². The molecule has 0 unspecified atom stereocenters. The minimum Gasteiger partial charge on any atom is -0.484 e. The van der Waals surface area contributed by atoms with E-state index in [4.69, 9.17) is 4.74 Å². The van der Waals surface area contributed by atoms with Crippen LogP contribution in [0.25, 0.3) is 0 Å². The number of aryl methyl sites for hydroxylation is 2. The lowest BCUT2D eigenvalue weighted by Gasteiger charge is -2.34. The van der Waals surface area contributed by atoms with Gasteiger partial charge < -0.3 is 9.64 Å². The van der Waals surface area contributed by atoms with E-state index in [0.717, 1.165) is 54.6 Å². The molecule has 128 valence electrons. The number of hydrogen-bond acceptors (Lipinski definition) is 6. The van der Waals surface area contributed by atoms with Crippen LogP contribution in [0, 0.1) is 13.8 Å². The van der Waals surface area contributed by atoms with Crippen molar-refractivity contribution < 1.29 is 9.53 Å². The monoisotopic (exact) mass is 346 g/mol. The standard InChI is InChI=1S/C17H22N4O2S/c1-13-7-14(2)9-15(8-13)23-11-17(22)21-5-3-20(4-6-21)10-16-19-18-12-24-16/h7-9,12H,3-6,10-11H2,1-2H3. The second kappa shape index (κ2) is 7.72. The van der Waals surface area contributed by atoms with Crippen molar-refractivity contribution in [1.82, 2.24) is 20.0 Å². The van der Waals surface area contributed by atoms with E-state index in [1.54, 1.807) is 16.8 Å². The molecule has 6 nitrogen and oxygen atoms in total. The van der Waals surface area contributed by atoms with E-state index in [9.17, 15) is 4.79 Å². The number of carbonyl (C=O) groups excluding carboxylic acids is 1. The molecule has 1 aromatic carbocycles. The zero-order valence-electron chi connectivity index (χ0n) is 14.1. The highest BCUT2D eigenvalue weighted by Gasteiger charge is 2.22. The van der Waals surface area contributed by atoms with Crippen LogP contribution in [-0.4, -0.2) is 58.7 Å². The van der Waals surface area contributed by atoms with Crippen LogP contribution in [0.15, 0.2) is 23.7 Å². The number of piperazine rings is 1. The van der Waals surface area contributed by atoms with Crippen LogP contribution in [0.5, 0.6) is 5.75 Å². The molecule has 1 aliphatic heterocycles. The lowest BCUT2D eigenvalue weighted by atomic mass is 10.1. The Morgan fingerprint density at radius 1 is 1.17 bits per heavy atom. The molecule has 2 aromatic rings. The molecule has 1 saturated heterocycles. The highest BCUT2D eigenvalue weighted by molar-refractivity contribution is 7.09. The molecule has 1 aromatic heterocycles. The molecule has 1 aliphatic rings. The number of benzene rings is 1. The normalized spacial score (nSPS) is 15.5. The second-order valence-electron chi connectivity index (χ2n) is 6.10. The number of aromatic nitrogens is 2. The Morgan fingerprint density at radius 3 is 2.50 bits per heavy atom. The number of carbonyl (C=O) groups is 1. The SMILES string of the molecule is Cc1cc(C)cc(OCC(=O)N2CCN(Cc3nncs3)CC2)c1. The Kier molecular flexibility index (Phi) is 5.42. The van der Waals surface area contributed by atoms with E-state index >= 15 is 0 Å². The largest absolute Gasteiger partial charge is 0.484 e. The third kappa shape index (κ3) is 4.52. The van der Waals surface area contributed by atoms with E-state index in [2.05, 4.69) is 21.2 Å². The molecule has 2 heterocycles. The third-order valence-corrected chi connectivity index (χ3v) is 4.73. The average molecular weight is 346 g/mol. The van der Waals surface area contributed by atoms with Crippen LogP contribution in [0.3, 0.4) is 0 Å². The summed E-state index contributed by atoms with van der Waals surface area (Å²) >= 11 is 1.57. The highest BCUT2D eigenvalue weighted by Crippen LogP contribution is 2.16. The summed E-state index contributed by atoms with van der Waals surface area (Å²) < 4.78 is 5.67. The Morgan fingerprint density at radius 2 is 1.88 bits per heavy atom. The predicted octanol–water partition coefficient (Wildman–Crippen LogP) is 1.88. The first kappa shape index (κ1) is 16.9. The van der Waals surface area contributed by atoms with Crippen molar-refractivity contribution in [3.63, 3.8) is 0 Å². The van der Waals surface area contributed by atoms with Gasteiger partial charge in [0.2, 0.25) is 0 Å². The van der Waals surface area contributed by atoms with Gasteiger partial charge in [0, 0.05) is 26.2 Å². The molecular formula is C17H22N4O2S. The molecule has 0 aliphatic carbocycles.